The number of carbonyl (C=O) groups is 2. The van der Waals surface area contributed by atoms with Gasteiger partial charge in [-0.3, -0.25) is 9.59 Å². The number of benzene rings is 1. The molecule has 4 N–H and O–H groups in total. The maximum atomic E-state index is 13.8. The molecule has 0 radical (unpaired) electrons. The third-order valence-corrected chi connectivity index (χ3v) is 8.03. The molecule has 1 spiro atoms. The number of primary amides is 1. The Hall–Kier alpha value is -4.26. The minimum Gasteiger partial charge on any atom is -0.491 e. The molecule has 6 rings (SSSR count). The van der Waals surface area contributed by atoms with Crippen LogP contribution in [0.5, 0.6) is 11.6 Å². The van der Waals surface area contributed by atoms with E-state index >= 15 is 0 Å². The summed E-state index contributed by atoms with van der Waals surface area (Å²) in [5, 5.41) is 21.5. The van der Waals surface area contributed by atoms with Crippen LogP contribution in [-0.4, -0.2) is 60.7 Å². The summed E-state index contributed by atoms with van der Waals surface area (Å²) < 4.78 is 41.3. The highest BCUT2D eigenvalue weighted by Crippen LogP contribution is 2.57. The van der Waals surface area contributed by atoms with E-state index in [4.69, 9.17) is 15.2 Å². The summed E-state index contributed by atoms with van der Waals surface area (Å²) >= 11 is 0. The first-order valence-electron chi connectivity index (χ1n) is 13.7. The number of aryl methyl sites for hydroxylation is 1. The second-order valence-electron chi connectivity index (χ2n) is 12.1. The van der Waals surface area contributed by atoms with Crippen LogP contribution in [0.25, 0.3) is 16.4 Å². The number of amides is 2. The van der Waals surface area contributed by atoms with Crippen LogP contribution in [0.15, 0.2) is 36.4 Å². The first kappa shape index (κ1) is 27.9. The van der Waals surface area contributed by atoms with Crippen molar-refractivity contribution in [3.63, 3.8) is 0 Å². The smallest absolute Gasteiger partial charge is 0.333 e. The van der Waals surface area contributed by atoms with Crippen molar-refractivity contribution < 1.29 is 33.0 Å². The number of rotatable bonds is 9. The van der Waals surface area contributed by atoms with E-state index in [1.807, 2.05) is 19.1 Å². The second-order valence-corrected chi connectivity index (χ2v) is 12.1. The van der Waals surface area contributed by atoms with Crippen molar-refractivity contribution in [1.82, 2.24) is 24.7 Å². The van der Waals surface area contributed by atoms with Crippen molar-refractivity contribution in [2.75, 3.05) is 6.61 Å². The number of ether oxygens (including phenoxy) is 2. The zero-order valence-corrected chi connectivity index (χ0v) is 23.4. The van der Waals surface area contributed by atoms with E-state index in [1.165, 1.54) is 12.1 Å². The fourth-order valence-corrected chi connectivity index (χ4v) is 6.10. The van der Waals surface area contributed by atoms with Gasteiger partial charge >= 0.3 is 6.55 Å². The van der Waals surface area contributed by atoms with Crippen molar-refractivity contribution in [2.24, 2.45) is 11.1 Å². The van der Waals surface area contributed by atoms with E-state index in [0.29, 0.717) is 23.0 Å². The molecule has 0 aliphatic heterocycles. The van der Waals surface area contributed by atoms with Crippen LogP contribution in [0.2, 0.25) is 0 Å². The zero-order chi connectivity index (χ0) is 30.0. The molecule has 1 aromatic carbocycles. The molecule has 0 atom stereocenters. The Morgan fingerprint density at radius 3 is 2.57 bits per heavy atom. The highest BCUT2D eigenvalue weighted by molar-refractivity contribution is 6.05. The lowest BCUT2D eigenvalue weighted by Gasteiger charge is -2.57. The number of carbonyl (C=O) groups excluding carboxylic acids is 2. The van der Waals surface area contributed by atoms with E-state index < -0.39 is 24.0 Å². The molecule has 2 saturated carbocycles. The predicted molar refractivity (Wildman–Crippen MR) is 148 cm³/mol. The molecule has 11 nitrogen and oxygen atoms in total. The average molecular weight is 583 g/mol. The Morgan fingerprint density at radius 2 is 1.90 bits per heavy atom. The molecular formula is C29H32F2N6O5. The van der Waals surface area contributed by atoms with Gasteiger partial charge in [-0.1, -0.05) is 6.07 Å². The minimum absolute atomic E-state index is 0.00169. The van der Waals surface area contributed by atoms with Crippen molar-refractivity contribution in [1.29, 1.82) is 0 Å². The zero-order valence-electron chi connectivity index (χ0n) is 23.4. The molecule has 0 unspecified atom stereocenters. The highest BCUT2D eigenvalue weighted by Gasteiger charge is 2.54. The summed E-state index contributed by atoms with van der Waals surface area (Å²) in [7, 11) is 0. The van der Waals surface area contributed by atoms with Crippen molar-refractivity contribution in [3.8, 4) is 11.6 Å². The van der Waals surface area contributed by atoms with Crippen LogP contribution in [0.1, 0.15) is 72.6 Å². The van der Waals surface area contributed by atoms with E-state index in [1.54, 1.807) is 30.5 Å². The summed E-state index contributed by atoms with van der Waals surface area (Å²) in [5.74, 6) is -0.632. The number of alkyl halides is 2. The summed E-state index contributed by atoms with van der Waals surface area (Å²) in [4.78, 5) is 25.2. The summed E-state index contributed by atoms with van der Waals surface area (Å²) in [6.07, 6.45) is 2.77. The quantitative estimate of drug-likeness (QED) is 0.272. The average Bonchev–Trinajstić information content (AvgIpc) is 3.43. The third-order valence-electron chi connectivity index (χ3n) is 8.03. The van der Waals surface area contributed by atoms with Gasteiger partial charge in [-0.25, -0.2) is 9.20 Å². The summed E-state index contributed by atoms with van der Waals surface area (Å²) in [6.45, 7) is 2.03. The van der Waals surface area contributed by atoms with E-state index in [-0.39, 0.29) is 58.0 Å². The van der Waals surface area contributed by atoms with Crippen molar-refractivity contribution >= 4 is 28.2 Å². The molecular weight excluding hydrogens is 550 g/mol. The molecule has 2 aliphatic carbocycles. The molecule has 42 heavy (non-hydrogen) atoms. The molecule has 4 aromatic rings. The lowest BCUT2D eigenvalue weighted by atomic mass is 9.53. The Bertz CT molecular complexity index is 1690. The first-order chi connectivity index (χ1) is 19.8. The topological polar surface area (TPSA) is 146 Å². The maximum absolute atomic E-state index is 13.8. The number of pyridine rings is 1. The van der Waals surface area contributed by atoms with Gasteiger partial charge < -0.3 is 25.6 Å². The molecule has 222 valence electrons. The molecule has 0 bridgehead atoms. The van der Waals surface area contributed by atoms with Crippen LogP contribution in [0.3, 0.4) is 0 Å². The Morgan fingerprint density at radius 1 is 1.17 bits per heavy atom. The first-order valence-corrected chi connectivity index (χ1v) is 13.7. The molecule has 2 fully saturated rings. The molecule has 2 amide bonds. The Kier molecular flexibility index (Phi) is 6.59. The normalized spacial score (nSPS) is 21.9. The van der Waals surface area contributed by atoms with Crippen LogP contribution >= 0.6 is 0 Å². The number of fused-ring (bicyclic) bond motifs is 2. The van der Waals surface area contributed by atoms with E-state index in [9.17, 15) is 23.5 Å². The number of nitrogens with two attached hydrogens (primary N) is 1. The predicted octanol–water partition coefficient (Wildman–Crippen LogP) is 3.76. The highest BCUT2D eigenvalue weighted by atomic mass is 19.3. The van der Waals surface area contributed by atoms with Crippen molar-refractivity contribution in [2.45, 2.75) is 70.8 Å². The molecule has 3 aromatic heterocycles. The van der Waals surface area contributed by atoms with Crippen LogP contribution in [-0.2, 0) is 0 Å². The standard InChI is InChI=1S/C29H32F2N6O5/c1-15-5-4-6-20-22(24(32)38)26(35-36(15)20)42-18-12-29(13-18)10-16(11-29)33-25(39)23-19-8-7-17(41-14-28(2,3)40)9-21(19)37(34-23)27(30)31/h4-9,16,18,27,40H,10-14H2,1-3H3,(H2,32,38)(H,33,39)/t16-,18-,29?. The lowest BCUT2D eigenvalue weighted by molar-refractivity contribution is -0.0848. The van der Waals surface area contributed by atoms with Crippen LogP contribution in [0.4, 0.5) is 8.78 Å². The summed E-state index contributed by atoms with van der Waals surface area (Å²) in [6, 6.07) is 9.82. The fourth-order valence-electron chi connectivity index (χ4n) is 6.10. The Balaban J connectivity index is 1.09. The minimum atomic E-state index is -2.95. The third kappa shape index (κ3) is 5.02. The second kappa shape index (κ2) is 9.93. The number of aromatic nitrogens is 4. The van der Waals surface area contributed by atoms with Gasteiger partial charge in [-0.2, -0.15) is 13.9 Å². The van der Waals surface area contributed by atoms with Gasteiger partial charge in [0.1, 0.15) is 24.0 Å². The van der Waals surface area contributed by atoms with Gasteiger partial charge in [0.2, 0.25) is 5.88 Å². The molecule has 0 saturated heterocycles. The SMILES string of the molecule is Cc1cccc2c(C(N)=O)c(O[C@H]3CC4(C[C@H](NC(=O)c5nn(C(F)F)c6cc(OCC(C)(C)O)ccc56)C4)C3)nn12. The number of nitrogens with zero attached hydrogens (tertiary/aromatic N) is 4. The van der Waals surface area contributed by atoms with Gasteiger partial charge in [0.15, 0.2) is 5.69 Å². The van der Waals surface area contributed by atoms with Gasteiger partial charge in [0.25, 0.3) is 11.8 Å². The number of halogens is 2. The summed E-state index contributed by atoms with van der Waals surface area (Å²) in [5.41, 5.74) is 6.19. The molecule has 2 aliphatic rings. The lowest BCUT2D eigenvalue weighted by Crippen LogP contribution is -2.58. The van der Waals surface area contributed by atoms with Crippen LogP contribution in [0, 0.1) is 12.3 Å². The number of hydrogen-bond acceptors (Lipinski definition) is 7. The fraction of sp³-hybridized carbons (Fsp3) is 0.448. The van der Waals surface area contributed by atoms with E-state index in [2.05, 4.69) is 15.5 Å². The van der Waals surface area contributed by atoms with Gasteiger partial charge in [-0.05, 0) is 76.1 Å². The maximum Gasteiger partial charge on any atom is 0.333 e. The Labute approximate surface area is 239 Å². The largest absolute Gasteiger partial charge is 0.491 e. The van der Waals surface area contributed by atoms with Crippen molar-refractivity contribution in [3.05, 3.63) is 53.3 Å². The van der Waals surface area contributed by atoms with E-state index in [0.717, 1.165) is 18.5 Å². The monoisotopic (exact) mass is 582 g/mol. The number of aliphatic hydroxyl groups is 1. The molecule has 3 heterocycles. The van der Waals surface area contributed by atoms with Crippen LogP contribution < -0.4 is 20.5 Å². The number of nitrogens with one attached hydrogen (secondary N) is 1. The van der Waals surface area contributed by atoms with Gasteiger partial charge in [-0.15, -0.1) is 5.10 Å². The van der Waals surface area contributed by atoms with Gasteiger partial charge in [0, 0.05) is 23.2 Å². The van der Waals surface area contributed by atoms with Gasteiger partial charge in [0.05, 0.1) is 16.6 Å². The number of hydrogen-bond donors (Lipinski definition) is 3. The molecule has 13 heteroatoms.